The monoisotopic (exact) mass is 242 g/mol. The van der Waals surface area contributed by atoms with Crippen molar-refractivity contribution in [1.29, 1.82) is 0 Å². The number of hydrogen-bond donors (Lipinski definition) is 1. The summed E-state index contributed by atoms with van der Waals surface area (Å²) in [7, 11) is 0. The minimum atomic E-state index is -0.313. The highest BCUT2D eigenvalue weighted by Gasteiger charge is 2.22. The lowest BCUT2D eigenvalue weighted by atomic mass is 10.1. The van der Waals surface area contributed by atoms with Gasteiger partial charge in [-0.05, 0) is 17.7 Å². The molecule has 0 aromatic heterocycles. The number of ether oxygens (including phenoxy) is 1. The average Bonchev–Trinajstić information content (AvgIpc) is 2.26. The fraction of sp³-hybridized carbons (Fsp3) is 0.417. The van der Waals surface area contributed by atoms with Gasteiger partial charge in [-0.1, -0.05) is 37.6 Å². The van der Waals surface area contributed by atoms with Crippen LogP contribution in [0.1, 0.15) is 19.4 Å². The predicted octanol–water partition coefficient (Wildman–Crippen LogP) is 1.65. The second-order valence-corrected chi connectivity index (χ2v) is 4.52. The topological polar surface area (TPSA) is 53.9 Å². The molecule has 88 valence electrons. The smallest absolute Gasteiger partial charge is 0.365 e. The van der Waals surface area contributed by atoms with Crippen LogP contribution >= 0.6 is 11.6 Å². The number of hydrogen-bond acceptors (Lipinski definition) is 2. The molecule has 0 saturated carbocycles. The Morgan fingerprint density at radius 1 is 1.38 bits per heavy atom. The van der Waals surface area contributed by atoms with Crippen LogP contribution in [0, 0.1) is 5.92 Å². The maximum absolute atomic E-state index is 11.5. The summed E-state index contributed by atoms with van der Waals surface area (Å²) >= 11 is 5.75. The second-order valence-electron chi connectivity index (χ2n) is 4.08. The average molecular weight is 243 g/mol. The molecular weight excluding hydrogens is 226 g/mol. The largest absolute Gasteiger partial charge is 0.456 e. The van der Waals surface area contributed by atoms with Gasteiger partial charge in [0.2, 0.25) is 0 Å². The van der Waals surface area contributed by atoms with Crippen molar-refractivity contribution >= 4 is 17.6 Å². The quantitative estimate of drug-likeness (QED) is 0.817. The molecule has 0 spiro atoms. The molecule has 0 aliphatic heterocycles. The lowest BCUT2D eigenvalue weighted by Gasteiger charge is -2.11. The maximum Gasteiger partial charge on any atom is 0.365 e. The number of carbonyl (C=O) groups is 1. The molecule has 0 unspecified atom stereocenters. The first-order valence-corrected chi connectivity index (χ1v) is 5.62. The van der Waals surface area contributed by atoms with Crippen molar-refractivity contribution < 1.29 is 15.3 Å². The standard InChI is InChI=1S/C12H16ClNO2/c1-8(2)11(14)12(15)16-7-9-3-5-10(13)6-4-9/h3-6,8,11H,7,14H2,1-2H3/p+1/t11-/m0/s1. The summed E-state index contributed by atoms with van der Waals surface area (Å²) in [5.41, 5.74) is 4.69. The lowest BCUT2D eigenvalue weighted by Crippen LogP contribution is -2.67. The van der Waals surface area contributed by atoms with Gasteiger partial charge in [0.15, 0.2) is 6.04 Å². The van der Waals surface area contributed by atoms with Gasteiger partial charge in [-0.15, -0.1) is 0 Å². The molecule has 3 nitrogen and oxygen atoms in total. The summed E-state index contributed by atoms with van der Waals surface area (Å²) in [6, 6.07) is 6.91. The zero-order valence-corrected chi connectivity index (χ0v) is 10.3. The summed E-state index contributed by atoms with van der Waals surface area (Å²) in [5, 5.41) is 0.673. The highest BCUT2D eigenvalue weighted by atomic mass is 35.5. The third kappa shape index (κ3) is 3.83. The molecule has 3 N–H and O–H groups in total. The van der Waals surface area contributed by atoms with Crippen molar-refractivity contribution in [1.82, 2.24) is 0 Å². The van der Waals surface area contributed by atoms with Crippen molar-refractivity contribution in [2.45, 2.75) is 26.5 Å². The van der Waals surface area contributed by atoms with E-state index < -0.39 is 0 Å². The SMILES string of the molecule is CC(C)[C@H]([NH3+])C(=O)OCc1ccc(Cl)cc1. The van der Waals surface area contributed by atoms with Gasteiger partial charge in [-0.25, -0.2) is 4.79 Å². The number of carbonyl (C=O) groups excluding carboxylic acids is 1. The van der Waals surface area contributed by atoms with Gasteiger partial charge in [0.25, 0.3) is 0 Å². The first kappa shape index (κ1) is 13.0. The predicted molar refractivity (Wildman–Crippen MR) is 62.8 cm³/mol. The molecule has 0 amide bonds. The number of esters is 1. The zero-order valence-electron chi connectivity index (χ0n) is 9.57. The van der Waals surface area contributed by atoms with E-state index in [0.29, 0.717) is 5.02 Å². The van der Waals surface area contributed by atoms with Gasteiger partial charge in [-0.3, -0.25) is 0 Å². The van der Waals surface area contributed by atoms with Crippen molar-refractivity contribution in [3.8, 4) is 0 Å². The van der Waals surface area contributed by atoms with Crippen molar-refractivity contribution in [3.05, 3.63) is 34.9 Å². The highest BCUT2D eigenvalue weighted by molar-refractivity contribution is 6.30. The molecule has 0 heterocycles. The molecule has 0 aliphatic rings. The van der Waals surface area contributed by atoms with Crippen LogP contribution in [0.15, 0.2) is 24.3 Å². The van der Waals surface area contributed by atoms with Crippen molar-refractivity contribution in [2.24, 2.45) is 5.92 Å². The normalized spacial score (nSPS) is 12.6. The van der Waals surface area contributed by atoms with Gasteiger partial charge in [0.05, 0.1) is 0 Å². The molecule has 0 fully saturated rings. The van der Waals surface area contributed by atoms with E-state index in [4.69, 9.17) is 16.3 Å². The van der Waals surface area contributed by atoms with Crippen LogP contribution in [0.2, 0.25) is 5.02 Å². The lowest BCUT2D eigenvalue weighted by molar-refractivity contribution is -0.418. The van der Waals surface area contributed by atoms with Crippen LogP contribution in [-0.4, -0.2) is 12.0 Å². The summed E-state index contributed by atoms with van der Waals surface area (Å²) < 4.78 is 5.15. The molecule has 16 heavy (non-hydrogen) atoms. The van der Waals surface area contributed by atoms with E-state index in [-0.39, 0.29) is 24.5 Å². The minimum absolute atomic E-state index is 0.192. The van der Waals surface area contributed by atoms with Crippen molar-refractivity contribution in [3.63, 3.8) is 0 Å². The zero-order chi connectivity index (χ0) is 12.1. The molecule has 0 bridgehead atoms. The molecule has 1 rings (SSSR count). The van der Waals surface area contributed by atoms with E-state index in [1.165, 1.54) is 0 Å². The van der Waals surface area contributed by atoms with Crippen LogP contribution in [0.4, 0.5) is 0 Å². The van der Waals surface area contributed by atoms with E-state index in [2.05, 4.69) is 5.73 Å². The van der Waals surface area contributed by atoms with Crippen LogP contribution in [0.5, 0.6) is 0 Å². The summed E-state index contributed by atoms with van der Waals surface area (Å²) in [4.78, 5) is 11.5. The van der Waals surface area contributed by atoms with E-state index in [9.17, 15) is 4.79 Å². The van der Waals surface area contributed by atoms with E-state index >= 15 is 0 Å². The first-order valence-electron chi connectivity index (χ1n) is 5.25. The summed E-state index contributed by atoms with van der Waals surface area (Å²) in [6.07, 6.45) is 0. The number of rotatable bonds is 4. The van der Waals surface area contributed by atoms with Crippen LogP contribution < -0.4 is 5.73 Å². The first-order chi connectivity index (χ1) is 7.50. The van der Waals surface area contributed by atoms with E-state index in [1.54, 1.807) is 12.1 Å². The molecule has 1 aromatic carbocycles. The molecule has 0 radical (unpaired) electrons. The third-order valence-corrected chi connectivity index (χ3v) is 2.65. The fourth-order valence-electron chi connectivity index (χ4n) is 1.11. The maximum atomic E-state index is 11.5. The highest BCUT2D eigenvalue weighted by Crippen LogP contribution is 2.10. The van der Waals surface area contributed by atoms with Gasteiger partial charge in [-0.2, -0.15) is 0 Å². The van der Waals surface area contributed by atoms with Gasteiger partial charge in [0, 0.05) is 10.9 Å². The molecule has 1 atom stereocenters. The molecule has 0 aliphatic carbocycles. The Bertz CT molecular complexity index is 349. The van der Waals surface area contributed by atoms with Crippen LogP contribution in [0.25, 0.3) is 0 Å². The van der Waals surface area contributed by atoms with E-state index in [0.717, 1.165) is 5.56 Å². The van der Waals surface area contributed by atoms with Crippen molar-refractivity contribution in [2.75, 3.05) is 0 Å². The second kappa shape index (κ2) is 5.87. The number of halogens is 1. The summed E-state index contributed by atoms with van der Waals surface area (Å²) in [6.45, 7) is 4.16. The Morgan fingerprint density at radius 3 is 2.44 bits per heavy atom. The van der Waals surface area contributed by atoms with Crippen LogP contribution in [-0.2, 0) is 16.1 Å². The molecule has 0 saturated heterocycles. The molecular formula is C12H17ClNO2+. The third-order valence-electron chi connectivity index (χ3n) is 2.40. The number of benzene rings is 1. The van der Waals surface area contributed by atoms with Gasteiger partial charge >= 0.3 is 5.97 Å². The minimum Gasteiger partial charge on any atom is -0.456 e. The Morgan fingerprint density at radius 2 is 1.94 bits per heavy atom. The van der Waals surface area contributed by atoms with E-state index in [1.807, 2.05) is 26.0 Å². The van der Waals surface area contributed by atoms with Gasteiger partial charge < -0.3 is 10.5 Å². The Hall–Kier alpha value is -1.06. The molecule has 4 heteroatoms. The number of quaternary nitrogens is 1. The Balaban J connectivity index is 2.46. The summed E-state index contributed by atoms with van der Waals surface area (Å²) in [5.74, 6) is -0.0670. The van der Waals surface area contributed by atoms with Crippen LogP contribution in [0.3, 0.4) is 0 Å². The molecule has 1 aromatic rings. The Labute approximate surface area is 101 Å². The Kier molecular flexibility index (Phi) is 4.77. The van der Waals surface area contributed by atoms with Gasteiger partial charge in [0.1, 0.15) is 6.61 Å². The fourth-order valence-corrected chi connectivity index (χ4v) is 1.24.